The molecule has 1 aliphatic heterocycles. The van der Waals surface area contributed by atoms with Crippen LogP contribution in [0.1, 0.15) is 23.2 Å². The van der Waals surface area contributed by atoms with E-state index in [0.717, 1.165) is 19.4 Å². The predicted molar refractivity (Wildman–Crippen MR) is 101 cm³/mol. The van der Waals surface area contributed by atoms with Gasteiger partial charge in [-0.1, -0.05) is 11.6 Å². The van der Waals surface area contributed by atoms with Crippen molar-refractivity contribution in [2.45, 2.75) is 23.8 Å². The number of anilines is 2. The highest BCUT2D eigenvalue weighted by Gasteiger charge is 2.20. The summed E-state index contributed by atoms with van der Waals surface area (Å²) < 4.78 is 32.7. The van der Waals surface area contributed by atoms with Gasteiger partial charge in [-0.3, -0.25) is 4.72 Å². The molecule has 0 radical (unpaired) electrons. The van der Waals surface area contributed by atoms with E-state index < -0.39 is 16.0 Å². The first-order chi connectivity index (χ1) is 12.8. The minimum atomic E-state index is -4.00. The molecule has 1 aromatic carbocycles. The highest BCUT2D eigenvalue weighted by atomic mass is 35.5. The summed E-state index contributed by atoms with van der Waals surface area (Å²) >= 11 is 5.78. The number of carbonyl (C=O) groups is 1. The van der Waals surface area contributed by atoms with E-state index in [-0.39, 0.29) is 27.2 Å². The highest BCUT2D eigenvalue weighted by Crippen LogP contribution is 2.24. The lowest BCUT2D eigenvalue weighted by Gasteiger charge is -2.23. The van der Waals surface area contributed by atoms with Crippen LogP contribution in [0.2, 0.25) is 5.02 Å². The van der Waals surface area contributed by atoms with E-state index in [9.17, 15) is 18.3 Å². The van der Waals surface area contributed by atoms with Crippen LogP contribution in [0.25, 0.3) is 0 Å². The number of hydrogen-bond acceptors (Lipinski definition) is 6. The summed E-state index contributed by atoms with van der Waals surface area (Å²) in [6.07, 6.45) is 3.13. The molecule has 1 aromatic heterocycles. The summed E-state index contributed by atoms with van der Waals surface area (Å²) in [6, 6.07) is 6.98. The number of carboxylic acids is 1. The molecule has 0 amide bonds. The van der Waals surface area contributed by atoms with E-state index in [2.05, 4.69) is 15.0 Å². The van der Waals surface area contributed by atoms with Crippen LogP contribution in [0, 0.1) is 0 Å². The molecule has 144 valence electrons. The maximum Gasteiger partial charge on any atom is 0.337 e. The molecule has 1 fully saturated rings. The largest absolute Gasteiger partial charge is 0.478 e. The van der Waals surface area contributed by atoms with Gasteiger partial charge < -0.3 is 15.2 Å². The first kappa shape index (κ1) is 19.4. The van der Waals surface area contributed by atoms with Gasteiger partial charge >= 0.3 is 5.97 Å². The molecule has 10 heteroatoms. The van der Waals surface area contributed by atoms with Crippen molar-refractivity contribution in [3.63, 3.8) is 0 Å². The number of sulfonamides is 1. The Kier molecular flexibility index (Phi) is 5.83. The minimum Gasteiger partial charge on any atom is -0.478 e. The van der Waals surface area contributed by atoms with Crippen molar-refractivity contribution in [3.8, 4) is 0 Å². The molecule has 1 aliphatic rings. The molecular weight excluding hydrogens is 394 g/mol. The number of ether oxygens (including phenoxy) is 1. The second-order valence-corrected chi connectivity index (χ2v) is 8.16. The number of aromatic nitrogens is 1. The zero-order valence-corrected chi connectivity index (χ0v) is 15.8. The molecule has 0 bridgehead atoms. The average molecular weight is 412 g/mol. The smallest absolute Gasteiger partial charge is 0.337 e. The van der Waals surface area contributed by atoms with Crippen molar-refractivity contribution in [2.75, 3.05) is 23.3 Å². The van der Waals surface area contributed by atoms with Crippen LogP contribution in [0.15, 0.2) is 41.4 Å². The fourth-order valence-corrected chi connectivity index (χ4v) is 3.87. The normalized spacial score (nSPS) is 17.3. The third-order valence-electron chi connectivity index (χ3n) is 4.02. The van der Waals surface area contributed by atoms with Crippen molar-refractivity contribution < 1.29 is 23.1 Å². The molecule has 2 heterocycles. The lowest BCUT2D eigenvalue weighted by Crippen LogP contribution is -2.30. The summed E-state index contributed by atoms with van der Waals surface area (Å²) in [5, 5.41) is 12.6. The van der Waals surface area contributed by atoms with Gasteiger partial charge in [-0.15, -0.1) is 0 Å². The Morgan fingerprint density at radius 1 is 1.30 bits per heavy atom. The fourth-order valence-electron chi connectivity index (χ4n) is 2.67. The van der Waals surface area contributed by atoms with Crippen molar-refractivity contribution >= 4 is 39.1 Å². The first-order valence-electron chi connectivity index (χ1n) is 8.21. The number of hydrogen-bond donors (Lipinski definition) is 3. The standard InChI is InChI=1S/C17H18ClN3O5S/c18-11-3-5-15(14(8-11)17(22)23)21-27(24,25)13-4-6-16(19-9-13)20-12-2-1-7-26-10-12/h3-6,8-9,12,21H,1-2,7,10H2,(H,19,20)(H,22,23)/t12-/m0/s1. The molecule has 2 aromatic rings. The van der Waals surface area contributed by atoms with Crippen molar-refractivity contribution in [3.05, 3.63) is 47.1 Å². The Hall–Kier alpha value is -2.36. The molecule has 0 saturated carbocycles. The van der Waals surface area contributed by atoms with Gasteiger partial charge in [0.1, 0.15) is 10.7 Å². The molecule has 0 unspecified atom stereocenters. The van der Waals surface area contributed by atoms with Gasteiger partial charge in [0, 0.05) is 17.8 Å². The quantitative estimate of drug-likeness (QED) is 0.668. The second-order valence-electron chi connectivity index (χ2n) is 6.04. The number of nitrogens with one attached hydrogen (secondary N) is 2. The topological polar surface area (TPSA) is 118 Å². The van der Waals surface area contributed by atoms with E-state index in [4.69, 9.17) is 16.3 Å². The van der Waals surface area contributed by atoms with E-state index in [1.165, 1.54) is 30.5 Å². The maximum absolute atomic E-state index is 12.5. The number of rotatable bonds is 6. The van der Waals surface area contributed by atoms with Crippen molar-refractivity contribution in [2.24, 2.45) is 0 Å². The van der Waals surface area contributed by atoms with Gasteiger partial charge in [0.05, 0.1) is 23.9 Å². The molecule has 27 heavy (non-hydrogen) atoms. The summed E-state index contributed by atoms with van der Waals surface area (Å²) in [4.78, 5) is 15.4. The van der Waals surface area contributed by atoms with E-state index in [0.29, 0.717) is 12.4 Å². The summed E-state index contributed by atoms with van der Waals surface area (Å²) in [5.41, 5.74) is -0.317. The number of aromatic carboxylic acids is 1. The third-order valence-corrected chi connectivity index (χ3v) is 5.60. The molecule has 8 nitrogen and oxygen atoms in total. The zero-order chi connectivity index (χ0) is 19.4. The van der Waals surface area contributed by atoms with Crippen LogP contribution in [-0.2, 0) is 14.8 Å². The molecule has 3 N–H and O–H groups in total. The summed E-state index contributed by atoms with van der Waals surface area (Å²) in [7, 11) is -4.00. The molecule has 1 atom stereocenters. The Morgan fingerprint density at radius 2 is 2.11 bits per heavy atom. The minimum absolute atomic E-state index is 0.0755. The lowest BCUT2D eigenvalue weighted by atomic mass is 10.1. The van der Waals surface area contributed by atoms with Crippen LogP contribution < -0.4 is 10.0 Å². The monoisotopic (exact) mass is 411 g/mol. The van der Waals surface area contributed by atoms with Crippen LogP contribution in [-0.4, -0.2) is 43.7 Å². The number of halogens is 1. The first-order valence-corrected chi connectivity index (χ1v) is 10.1. The Balaban J connectivity index is 1.76. The molecule has 0 aliphatic carbocycles. The molecule has 3 rings (SSSR count). The Labute approximate surface area is 161 Å². The molecule has 1 saturated heterocycles. The SMILES string of the molecule is O=C(O)c1cc(Cl)ccc1NS(=O)(=O)c1ccc(N[C@H]2CCCOC2)nc1. The van der Waals surface area contributed by atoms with E-state index >= 15 is 0 Å². The van der Waals surface area contributed by atoms with Crippen molar-refractivity contribution in [1.82, 2.24) is 4.98 Å². The third kappa shape index (κ3) is 4.88. The van der Waals surface area contributed by atoms with Crippen LogP contribution in [0.3, 0.4) is 0 Å². The number of benzene rings is 1. The number of carboxylic acid groups (broad SMARTS) is 1. The van der Waals surface area contributed by atoms with Crippen LogP contribution >= 0.6 is 11.6 Å². The predicted octanol–water partition coefficient (Wildman–Crippen LogP) is 2.82. The summed E-state index contributed by atoms with van der Waals surface area (Å²) in [6.45, 7) is 1.33. The van der Waals surface area contributed by atoms with E-state index in [1.54, 1.807) is 6.07 Å². The lowest BCUT2D eigenvalue weighted by molar-refractivity contribution is 0.0698. The van der Waals surface area contributed by atoms with Gasteiger partial charge in [-0.05, 0) is 43.2 Å². The van der Waals surface area contributed by atoms with Gasteiger partial charge in [-0.2, -0.15) is 0 Å². The molecule has 0 spiro atoms. The van der Waals surface area contributed by atoms with Crippen LogP contribution in [0.5, 0.6) is 0 Å². The Bertz CT molecular complexity index is 928. The number of pyridine rings is 1. The maximum atomic E-state index is 12.5. The number of nitrogens with zero attached hydrogens (tertiary/aromatic N) is 1. The highest BCUT2D eigenvalue weighted by molar-refractivity contribution is 7.92. The van der Waals surface area contributed by atoms with Gasteiger partial charge in [0.15, 0.2) is 0 Å². The fraction of sp³-hybridized carbons (Fsp3) is 0.294. The second kappa shape index (κ2) is 8.12. The van der Waals surface area contributed by atoms with Crippen LogP contribution in [0.4, 0.5) is 11.5 Å². The van der Waals surface area contributed by atoms with Gasteiger partial charge in [-0.25, -0.2) is 18.2 Å². The molecular formula is C17H18ClN3O5S. The van der Waals surface area contributed by atoms with E-state index in [1.807, 2.05) is 0 Å². The van der Waals surface area contributed by atoms with Gasteiger partial charge in [0.25, 0.3) is 10.0 Å². The average Bonchev–Trinajstić information content (AvgIpc) is 2.64. The summed E-state index contributed by atoms with van der Waals surface area (Å²) in [5.74, 6) is -0.746. The Morgan fingerprint density at radius 3 is 2.74 bits per heavy atom. The van der Waals surface area contributed by atoms with Crippen molar-refractivity contribution in [1.29, 1.82) is 0 Å². The van der Waals surface area contributed by atoms with Gasteiger partial charge in [0.2, 0.25) is 0 Å². The zero-order valence-electron chi connectivity index (χ0n) is 14.2.